The molecule has 0 saturated carbocycles. The van der Waals surface area contributed by atoms with Crippen molar-refractivity contribution in [2.75, 3.05) is 5.75 Å². The standard InChI is InChI=1S/C38H37N3O4S/c42-25-28-13-15-30(16-14-28)35-22-33(26-46-36-12-6-7-21-39-36)44-37(45-35)31-19-17-29(18-20-31)34-11-5-4-10-32(34)24-41-38(43)40-23-27-8-2-1-3-9-27/h1-21,33,35,37,42H,22-26H2,(H2,40,41,43)/t33-,35+,37+/m1/s1. The number of thioether (sulfide) groups is 1. The smallest absolute Gasteiger partial charge is 0.315 e. The van der Waals surface area contributed by atoms with Crippen molar-refractivity contribution in [1.82, 2.24) is 15.6 Å². The molecule has 1 aliphatic rings. The monoisotopic (exact) mass is 631 g/mol. The van der Waals surface area contributed by atoms with Crippen molar-refractivity contribution >= 4 is 17.8 Å². The van der Waals surface area contributed by atoms with Crippen LogP contribution in [0, 0.1) is 0 Å². The van der Waals surface area contributed by atoms with E-state index < -0.39 is 6.29 Å². The highest BCUT2D eigenvalue weighted by molar-refractivity contribution is 7.99. The molecule has 7 nitrogen and oxygen atoms in total. The molecular formula is C38H37N3O4S. The first-order valence-electron chi connectivity index (χ1n) is 15.4. The van der Waals surface area contributed by atoms with Gasteiger partial charge in [-0.2, -0.15) is 0 Å². The number of pyridine rings is 1. The van der Waals surface area contributed by atoms with E-state index in [2.05, 4.69) is 45.9 Å². The molecule has 1 fully saturated rings. The number of benzene rings is 4. The molecule has 0 unspecified atom stereocenters. The number of carbonyl (C=O) groups is 1. The van der Waals surface area contributed by atoms with E-state index in [1.165, 1.54) is 0 Å². The first kappa shape index (κ1) is 31.5. The van der Waals surface area contributed by atoms with Crippen LogP contribution in [0.4, 0.5) is 4.79 Å². The third-order valence-electron chi connectivity index (χ3n) is 7.92. The van der Waals surface area contributed by atoms with Gasteiger partial charge in [0, 0.05) is 37.0 Å². The highest BCUT2D eigenvalue weighted by atomic mass is 32.2. The molecule has 2 heterocycles. The van der Waals surface area contributed by atoms with E-state index in [9.17, 15) is 9.90 Å². The zero-order chi connectivity index (χ0) is 31.6. The minimum absolute atomic E-state index is 0.00781. The second-order valence-corrected chi connectivity index (χ2v) is 12.2. The minimum atomic E-state index is -0.537. The van der Waals surface area contributed by atoms with Gasteiger partial charge < -0.3 is 25.2 Å². The fraction of sp³-hybridized carbons (Fsp3) is 0.211. The summed E-state index contributed by atoms with van der Waals surface area (Å²) in [4.78, 5) is 17.0. The number of nitrogens with one attached hydrogen (secondary N) is 2. The molecule has 0 radical (unpaired) electrons. The van der Waals surface area contributed by atoms with Crippen LogP contribution in [-0.2, 0) is 29.2 Å². The summed E-state index contributed by atoms with van der Waals surface area (Å²) in [6.45, 7) is 0.881. The molecule has 1 saturated heterocycles. The Labute approximate surface area is 274 Å². The molecule has 6 rings (SSSR count). The summed E-state index contributed by atoms with van der Waals surface area (Å²) < 4.78 is 13.1. The Morgan fingerprint density at radius 1 is 0.761 bits per heavy atom. The Morgan fingerprint density at radius 3 is 2.24 bits per heavy atom. The summed E-state index contributed by atoms with van der Waals surface area (Å²) in [6, 6.07) is 39.8. The molecule has 0 spiro atoms. The second-order valence-electron chi connectivity index (χ2n) is 11.1. The van der Waals surface area contributed by atoms with Crippen LogP contribution < -0.4 is 10.6 Å². The molecule has 46 heavy (non-hydrogen) atoms. The SMILES string of the molecule is O=C(NCc1ccccc1)NCc1ccccc1-c1ccc([C@H]2O[C@@H](CSc3ccccn3)C[C@@H](c3ccc(CO)cc3)O2)cc1. The molecule has 234 valence electrons. The third kappa shape index (κ3) is 8.41. The van der Waals surface area contributed by atoms with Crippen molar-refractivity contribution in [2.45, 2.75) is 49.6 Å². The lowest BCUT2D eigenvalue weighted by atomic mass is 9.98. The molecule has 4 aromatic carbocycles. The van der Waals surface area contributed by atoms with E-state index in [1.54, 1.807) is 18.0 Å². The predicted molar refractivity (Wildman–Crippen MR) is 181 cm³/mol. The number of aromatic nitrogens is 1. The first-order valence-corrected chi connectivity index (χ1v) is 16.4. The van der Waals surface area contributed by atoms with Crippen LogP contribution in [0.1, 0.15) is 46.6 Å². The molecule has 1 aromatic heterocycles. The molecule has 3 N–H and O–H groups in total. The fourth-order valence-corrected chi connectivity index (χ4v) is 6.31. The maximum Gasteiger partial charge on any atom is 0.315 e. The molecule has 2 amide bonds. The summed E-state index contributed by atoms with van der Waals surface area (Å²) in [6.07, 6.45) is 1.78. The Hall–Kier alpha value is -4.47. The molecule has 5 aromatic rings. The number of hydrogen-bond acceptors (Lipinski definition) is 6. The van der Waals surface area contributed by atoms with E-state index in [1.807, 2.05) is 91.0 Å². The summed E-state index contributed by atoms with van der Waals surface area (Å²) in [5.74, 6) is 0.749. The predicted octanol–water partition coefficient (Wildman–Crippen LogP) is 7.58. The molecule has 8 heteroatoms. The van der Waals surface area contributed by atoms with Gasteiger partial charge in [0.2, 0.25) is 0 Å². The number of rotatable bonds is 11. The number of aliphatic hydroxyl groups excluding tert-OH is 1. The second kappa shape index (κ2) is 15.7. The van der Waals surface area contributed by atoms with Crippen molar-refractivity contribution in [3.8, 4) is 11.1 Å². The van der Waals surface area contributed by atoms with Gasteiger partial charge in [0.25, 0.3) is 0 Å². The zero-order valence-electron chi connectivity index (χ0n) is 25.4. The maximum absolute atomic E-state index is 12.5. The van der Waals surface area contributed by atoms with E-state index in [0.717, 1.165) is 49.7 Å². The minimum Gasteiger partial charge on any atom is -0.392 e. The Balaban J connectivity index is 1.14. The molecule has 0 aliphatic carbocycles. The summed E-state index contributed by atoms with van der Waals surface area (Å²) in [5.41, 5.74) is 7.03. The van der Waals surface area contributed by atoms with Crippen molar-refractivity contribution < 1.29 is 19.4 Å². The Kier molecular flexibility index (Phi) is 10.7. The number of nitrogens with zero attached hydrogens (tertiary/aromatic N) is 1. The highest BCUT2D eigenvalue weighted by Crippen LogP contribution is 2.40. The van der Waals surface area contributed by atoms with Gasteiger partial charge in [-0.15, -0.1) is 11.8 Å². The van der Waals surface area contributed by atoms with Gasteiger partial charge in [-0.1, -0.05) is 109 Å². The summed E-state index contributed by atoms with van der Waals surface area (Å²) in [5, 5.41) is 16.4. The number of hydrogen-bond donors (Lipinski definition) is 3. The highest BCUT2D eigenvalue weighted by Gasteiger charge is 2.32. The van der Waals surface area contributed by atoms with Crippen LogP contribution in [0.3, 0.4) is 0 Å². The zero-order valence-corrected chi connectivity index (χ0v) is 26.2. The molecule has 3 atom stereocenters. The molecule has 0 bridgehead atoms. The molecule has 1 aliphatic heterocycles. The number of urea groups is 1. The van der Waals surface area contributed by atoms with Crippen LogP contribution in [0.25, 0.3) is 11.1 Å². The largest absolute Gasteiger partial charge is 0.392 e. The van der Waals surface area contributed by atoms with Crippen LogP contribution in [0.5, 0.6) is 0 Å². The van der Waals surface area contributed by atoms with Crippen LogP contribution in [0.15, 0.2) is 133 Å². The lowest BCUT2D eigenvalue weighted by Gasteiger charge is -2.36. The maximum atomic E-state index is 12.5. The molecular weight excluding hydrogens is 595 g/mol. The average Bonchev–Trinajstić information content (AvgIpc) is 3.13. The van der Waals surface area contributed by atoms with Crippen molar-refractivity contribution in [1.29, 1.82) is 0 Å². The van der Waals surface area contributed by atoms with Crippen molar-refractivity contribution in [3.05, 3.63) is 155 Å². The third-order valence-corrected chi connectivity index (χ3v) is 8.99. The number of carbonyl (C=O) groups excluding carboxylic acids is 1. The van der Waals surface area contributed by atoms with Gasteiger partial charge in [0.05, 0.1) is 23.8 Å². The van der Waals surface area contributed by atoms with Gasteiger partial charge in [-0.3, -0.25) is 0 Å². The normalized spacial score (nSPS) is 17.7. The fourth-order valence-electron chi connectivity index (χ4n) is 5.43. The van der Waals surface area contributed by atoms with Crippen LogP contribution in [0.2, 0.25) is 0 Å². The van der Waals surface area contributed by atoms with Gasteiger partial charge in [0.15, 0.2) is 6.29 Å². The van der Waals surface area contributed by atoms with E-state index in [4.69, 9.17) is 9.47 Å². The van der Waals surface area contributed by atoms with Gasteiger partial charge >= 0.3 is 6.03 Å². The Morgan fingerprint density at radius 2 is 1.48 bits per heavy atom. The summed E-state index contributed by atoms with van der Waals surface area (Å²) >= 11 is 1.68. The number of ether oxygens (including phenoxy) is 2. The summed E-state index contributed by atoms with van der Waals surface area (Å²) in [7, 11) is 0. The first-order chi connectivity index (χ1) is 22.6. The lowest BCUT2D eigenvalue weighted by Crippen LogP contribution is -2.34. The number of aliphatic hydroxyl groups is 1. The Bertz CT molecular complexity index is 1690. The van der Waals surface area contributed by atoms with E-state index >= 15 is 0 Å². The van der Waals surface area contributed by atoms with E-state index in [-0.39, 0.29) is 24.8 Å². The van der Waals surface area contributed by atoms with Crippen molar-refractivity contribution in [3.63, 3.8) is 0 Å². The number of amides is 2. The lowest BCUT2D eigenvalue weighted by molar-refractivity contribution is -0.245. The van der Waals surface area contributed by atoms with Gasteiger partial charge in [0.1, 0.15) is 0 Å². The van der Waals surface area contributed by atoms with Gasteiger partial charge in [-0.05, 0) is 45.5 Å². The van der Waals surface area contributed by atoms with E-state index in [0.29, 0.717) is 19.5 Å². The van der Waals surface area contributed by atoms with Crippen LogP contribution >= 0.6 is 11.8 Å². The topological polar surface area (TPSA) is 92.7 Å². The van der Waals surface area contributed by atoms with Crippen molar-refractivity contribution in [2.24, 2.45) is 0 Å². The quantitative estimate of drug-likeness (QED) is 0.130. The van der Waals surface area contributed by atoms with Gasteiger partial charge in [-0.25, -0.2) is 9.78 Å². The average molecular weight is 632 g/mol. The van der Waals surface area contributed by atoms with Crippen LogP contribution in [-0.4, -0.2) is 28.0 Å².